The van der Waals surface area contributed by atoms with E-state index in [1.54, 1.807) is 0 Å². The zero-order chi connectivity index (χ0) is 14.4. The number of hydrogen-bond donors (Lipinski definition) is 3. The second-order valence-electron chi connectivity index (χ2n) is 3.84. The first kappa shape index (κ1) is 14.1. The normalized spacial score (nSPS) is 9.65. The molecule has 0 atom stereocenters. The highest BCUT2D eigenvalue weighted by Crippen LogP contribution is 2.17. The third-order valence-electron chi connectivity index (χ3n) is 2.52. The average molecular weight is 287 g/mol. The molecule has 0 spiro atoms. The zero-order valence-corrected chi connectivity index (χ0v) is 11.4. The molecule has 5 nitrogen and oxygen atoms in total. The Labute approximate surface area is 120 Å². The lowest BCUT2D eigenvalue weighted by Gasteiger charge is -2.05. The van der Waals surface area contributed by atoms with Crippen molar-refractivity contribution in [1.82, 2.24) is 10.3 Å². The molecule has 0 aromatic carbocycles. The average Bonchev–Trinajstić information content (AvgIpc) is 2.90. The highest BCUT2D eigenvalue weighted by atomic mass is 32.1. The fourth-order valence-electron chi connectivity index (χ4n) is 1.57. The van der Waals surface area contributed by atoms with Crippen molar-refractivity contribution in [2.45, 2.75) is 6.54 Å². The first-order valence-electron chi connectivity index (χ1n) is 5.89. The van der Waals surface area contributed by atoms with Crippen LogP contribution in [0.5, 0.6) is 5.75 Å². The molecule has 2 aromatic heterocycles. The third kappa shape index (κ3) is 3.35. The SMILES string of the molecule is NCC#Cc1ccsc1CNC(=O)c1ccncc1O. The predicted molar refractivity (Wildman–Crippen MR) is 77.3 cm³/mol. The number of aromatic nitrogens is 1. The molecule has 0 aliphatic carbocycles. The Hall–Kier alpha value is -2.36. The van der Waals surface area contributed by atoms with E-state index in [0.29, 0.717) is 13.1 Å². The summed E-state index contributed by atoms with van der Waals surface area (Å²) in [5.74, 6) is 5.25. The van der Waals surface area contributed by atoms with Gasteiger partial charge in [0.2, 0.25) is 0 Å². The topological polar surface area (TPSA) is 88.2 Å². The van der Waals surface area contributed by atoms with Crippen LogP contribution in [-0.4, -0.2) is 22.5 Å². The lowest BCUT2D eigenvalue weighted by atomic mass is 10.2. The number of rotatable bonds is 3. The molecule has 4 N–H and O–H groups in total. The van der Waals surface area contributed by atoms with E-state index in [-0.39, 0.29) is 17.2 Å². The van der Waals surface area contributed by atoms with Crippen molar-refractivity contribution in [3.05, 3.63) is 45.9 Å². The second-order valence-corrected chi connectivity index (χ2v) is 4.84. The maximum Gasteiger partial charge on any atom is 0.255 e. The van der Waals surface area contributed by atoms with Crippen LogP contribution in [-0.2, 0) is 6.54 Å². The van der Waals surface area contributed by atoms with Gasteiger partial charge in [0.25, 0.3) is 5.91 Å². The molecule has 0 aliphatic rings. The summed E-state index contributed by atoms with van der Waals surface area (Å²) in [7, 11) is 0. The summed E-state index contributed by atoms with van der Waals surface area (Å²) in [6, 6.07) is 3.35. The molecule has 0 aliphatic heterocycles. The molecule has 20 heavy (non-hydrogen) atoms. The number of amides is 1. The number of aromatic hydroxyl groups is 1. The summed E-state index contributed by atoms with van der Waals surface area (Å²) in [6.45, 7) is 0.652. The van der Waals surface area contributed by atoms with Gasteiger partial charge in [0, 0.05) is 16.6 Å². The van der Waals surface area contributed by atoms with Gasteiger partial charge in [0.1, 0.15) is 5.75 Å². The Morgan fingerprint density at radius 3 is 3.10 bits per heavy atom. The molecule has 0 saturated carbocycles. The number of nitrogens with zero attached hydrogens (tertiary/aromatic N) is 1. The monoisotopic (exact) mass is 287 g/mol. The van der Waals surface area contributed by atoms with E-state index >= 15 is 0 Å². The Bertz CT molecular complexity index is 670. The Kier molecular flexibility index (Phi) is 4.71. The summed E-state index contributed by atoms with van der Waals surface area (Å²) in [5, 5.41) is 14.2. The largest absolute Gasteiger partial charge is 0.505 e. The van der Waals surface area contributed by atoms with Crippen LogP contribution in [0.4, 0.5) is 0 Å². The summed E-state index contributed by atoms with van der Waals surface area (Å²) in [5.41, 5.74) is 6.40. The Balaban J connectivity index is 2.04. The van der Waals surface area contributed by atoms with E-state index in [1.807, 2.05) is 11.4 Å². The van der Waals surface area contributed by atoms with Gasteiger partial charge < -0.3 is 16.2 Å². The molecule has 102 valence electrons. The van der Waals surface area contributed by atoms with Crippen LogP contribution >= 0.6 is 11.3 Å². The van der Waals surface area contributed by atoms with Crippen molar-refractivity contribution >= 4 is 17.2 Å². The van der Waals surface area contributed by atoms with E-state index in [4.69, 9.17) is 5.73 Å². The van der Waals surface area contributed by atoms with Crippen molar-refractivity contribution in [2.75, 3.05) is 6.54 Å². The number of nitrogens with two attached hydrogens (primary N) is 1. The summed E-state index contributed by atoms with van der Waals surface area (Å²) in [4.78, 5) is 16.6. The molecule has 0 saturated heterocycles. The molecule has 0 unspecified atom stereocenters. The number of pyridine rings is 1. The van der Waals surface area contributed by atoms with Crippen LogP contribution < -0.4 is 11.1 Å². The lowest BCUT2D eigenvalue weighted by Crippen LogP contribution is -2.22. The van der Waals surface area contributed by atoms with Crippen molar-refractivity contribution in [1.29, 1.82) is 0 Å². The molecular weight excluding hydrogens is 274 g/mol. The quantitative estimate of drug-likeness (QED) is 0.737. The van der Waals surface area contributed by atoms with Gasteiger partial charge in [-0.15, -0.1) is 11.3 Å². The molecule has 0 radical (unpaired) electrons. The van der Waals surface area contributed by atoms with Crippen molar-refractivity contribution < 1.29 is 9.90 Å². The number of hydrogen-bond acceptors (Lipinski definition) is 5. The smallest absolute Gasteiger partial charge is 0.255 e. The molecular formula is C14H13N3O2S. The van der Waals surface area contributed by atoms with Gasteiger partial charge in [-0.1, -0.05) is 11.8 Å². The van der Waals surface area contributed by atoms with E-state index in [9.17, 15) is 9.90 Å². The van der Waals surface area contributed by atoms with Gasteiger partial charge in [0.15, 0.2) is 0 Å². The highest BCUT2D eigenvalue weighted by molar-refractivity contribution is 7.10. The first-order valence-corrected chi connectivity index (χ1v) is 6.77. The fraction of sp³-hybridized carbons (Fsp3) is 0.143. The van der Waals surface area contributed by atoms with Crippen molar-refractivity contribution in [3.63, 3.8) is 0 Å². The van der Waals surface area contributed by atoms with Gasteiger partial charge in [-0.25, -0.2) is 0 Å². The van der Waals surface area contributed by atoms with Gasteiger partial charge in [-0.2, -0.15) is 0 Å². The molecule has 0 bridgehead atoms. The fourth-order valence-corrected chi connectivity index (χ4v) is 2.34. The number of nitrogens with one attached hydrogen (secondary N) is 1. The van der Waals surface area contributed by atoms with Crippen molar-refractivity contribution in [2.24, 2.45) is 5.73 Å². The minimum Gasteiger partial charge on any atom is -0.505 e. The van der Waals surface area contributed by atoms with E-state index in [0.717, 1.165) is 10.4 Å². The highest BCUT2D eigenvalue weighted by Gasteiger charge is 2.11. The van der Waals surface area contributed by atoms with E-state index < -0.39 is 0 Å². The molecule has 6 heteroatoms. The second kappa shape index (κ2) is 6.70. The number of thiophene rings is 1. The summed E-state index contributed by atoms with van der Waals surface area (Å²) in [6.07, 6.45) is 2.69. The van der Waals surface area contributed by atoms with Crippen LogP contribution in [0.1, 0.15) is 20.8 Å². The maximum atomic E-state index is 11.9. The van der Waals surface area contributed by atoms with Gasteiger partial charge in [-0.3, -0.25) is 9.78 Å². The van der Waals surface area contributed by atoms with Gasteiger partial charge >= 0.3 is 0 Å². The Morgan fingerprint density at radius 1 is 1.50 bits per heavy atom. The van der Waals surface area contributed by atoms with Crippen LogP contribution in [0.2, 0.25) is 0 Å². The van der Waals surface area contributed by atoms with Crippen LogP contribution in [0.25, 0.3) is 0 Å². The van der Waals surface area contributed by atoms with E-state index in [1.165, 1.54) is 29.8 Å². The minimum atomic E-state index is -0.351. The molecule has 0 fully saturated rings. The summed E-state index contributed by atoms with van der Waals surface area (Å²) >= 11 is 1.51. The summed E-state index contributed by atoms with van der Waals surface area (Å²) < 4.78 is 0. The van der Waals surface area contributed by atoms with Crippen molar-refractivity contribution in [3.8, 4) is 17.6 Å². The number of carbonyl (C=O) groups excluding carboxylic acids is 1. The predicted octanol–water partition coefficient (Wildman–Crippen LogP) is 1.09. The lowest BCUT2D eigenvalue weighted by molar-refractivity contribution is 0.0948. The zero-order valence-electron chi connectivity index (χ0n) is 10.6. The van der Waals surface area contributed by atoms with Gasteiger partial charge in [-0.05, 0) is 17.5 Å². The maximum absolute atomic E-state index is 11.9. The van der Waals surface area contributed by atoms with Gasteiger partial charge in [0.05, 0.1) is 24.8 Å². The standard InChI is InChI=1S/C14H13N3O2S/c15-5-1-2-10-4-7-20-13(10)9-17-14(19)11-3-6-16-8-12(11)18/h3-4,6-8,18H,5,9,15H2,(H,17,19). The van der Waals surface area contributed by atoms with Crippen LogP contribution in [0.15, 0.2) is 29.9 Å². The third-order valence-corrected chi connectivity index (χ3v) is 3.45. The van der Waals surface area contributed by atoms with E-state index in [2.05, 4.69) is 22.1 Å². The molecule has 1 amide bonds. The molecule has 2 heterocycles. The van der Waals surface area contributed by atoms with Crippen LogP contribution in [0, 0.1) is 11.8 Å². The molecule has 2 rings (SSSR count). The van der Waals surface area contributed by atoms with Crippen LogP contribution in [0.3, 0.4) is 0 Å². The molecule has 2 aromatic rings. The number of carbonyl (C=O) groups is 1. The first-order chi connectivity index (χ1) is 9.72. The Morgan fingerprint density at radius 2 is 2.35 bits per heavy atom. The minimum absolute atomic E-state index is 0.140.